The first-order chi connectivity index (χ1) is 8.02. The quantitative estimate of drug-likeness (QED) is 0.754. The van der Waals surface area contributed by atoms with Gasteiger partial charge in [-0.15, -0.1) is 0 Å². The van der Waals surface area contributed by atoms with E-state index in [1.807, 2.05) is 13.8 Å². The Hall–Kier alpha value is -0.570. The van der Waals surface area contributed by atoms with Gasteiger partial charge in [0.05, 0.1) is 18.6 Å². The predicted molar refractivity (Wildman–Crippen MR) is 67.5 cm³/mol. The van der Waals surface area contributed by atoms with Crippen molar-refractivity contribution in [3.8, 4) is 0 Å². The lowest BCUT2D eigenvalue weighted by molar-refractivity contribution is -0.154. The van der Waals surface area contributed by atoms with Crippen LogP contribution >= 0.6 is 0 Å². The molecule has 0 saturated heterocycles. The van der Waals surface area contributed by atoms with Crippen molar-refractivity contribution in [1.29, 1.82) is 0 Å². The Labute approximate surface area is 105 Å². The minimum atomic E-state index is -0.603. The summed E-state index contributed by atoms with van der Waals surface area (Å²) in [5.74, 6) is -0.0429. The van der Waals surface area contributed by atoms with Gasteiger partial charge in [0.1, 0.15) is 0 Å². The molecule has 100 valence electrons. The second-order valence-corrected chi connectivity index (χ2v) is 5.66. The molecule has 0 spiro atoms. The van der Waals surface area contributed by atoms with E-state index in [1.165, 1.54) is 32.1 Å². The standard InChI is InChI=1S/C14H26O3/c1-10(2)13(15)11(3)14(16)17-9-12-7-5-4-6-8-12/h10-13,15H,4-9H2,1-3H3. The van der Waals surface area contributed by atoms with Crippen LogP contribution in [0.3, 0.4) is 0 Å². The van der Waals surface area contributed by atoms with Gasteiger partial charge in [-0.1, -0.05) is 33.1 Å². The zero-order chi connectivity index (χ0) is 12.8. The van der Waals surface area contributed by atoms with Crippen LogP contribution in [0.15, 0.2) is 0 Å². The van der Waals surface area contributed by atoms with Crippen molar-refractivity contribution < 1.29 is 14.6 Å². The van der Waals surface area contributed by atoms with Gasteiger partial charge in [0.15, 0.2) is 0 Å². The Morgan fingerprint density at radius 2 is 1.82 bits per heavy atom. The van der Waals surface area contributed by atoms with Crippen LogP contribution < -0.4 is 0 Å². The summed E-state index contributed by atoms with van der Waals surface area (Å²) in [5, 5.41) is 9.80. The summed E-state index contributed by atoms with van der Waals surface area (Å²) in [6.45, 7) is 6.10. The van der Waals surface area contributed by atoms with E-state index < -0.39 is 12.0 Å². The normalized spacial score (nSPS) is 21.2. The fourth-order valence-electron chi connectivity index (χ4n) is 2.40. The molecule has 0 radical (unpaired) electrons. The predicted octanol–water partition coefficient (Wildman–Crippen LogP) is 2.76. The van der Waals surface area contributed by atoms with Crippen LogP contribution in [-0.2, 0) is 9.53 Å². The molecule has 1 rings (SSSR count). The third-order valence-corrected chi connectivity index (χ3v) is 3.75. The first-order valence-corrected chi connectivity index (χ1v) is 6.87. The van der Waals surface area contributed by atoms with Gasteiger partial charge in [0.2, 0.25) is 0 Å². The van der Waals surface area contributed by atoms with Gasteiger partial charge in [-0.2, -0.15) is 0 Å². The van der Waals surface area contributed by atoms with Crippen LogP contribution in [0, 0.1) is 17.8 Å². The third kappa shape index (κ3) is 4.66. The smallest absolute Gasteiger partial charge is 0.311 e. The van der Waals surface area contributed by atoms with Crippen molar-refractivity contribution in [1.82, 2.24) is 0 Å². The lowest BCUT2D eigenvalue weighted by Gasteiger charge is -2.24. The van der Waals surface area contributed by atoms with Crippen LogP contribution in [0.2, 0.25) is 0 Å². The zero-order valence-corrected chi connectivity index (χ0v) is 11.3. The van der Waals surface area contributed by atoms with E-state index >= 15 is 0 Å². The molecule has 3 nitrogen and oxygen atoms in total. The molecule has 2 unspecified atom stereocenters. The summed E-state index contributed by atoms with van der Waals surface area (Å²) in [7, 11) is 0. The molecule has 1 saturated carbocycles. The van der Waals surface area contributed by atoms with Gasteiger partial charge in [0, 0.05) is 0 Å². The molecule has 1 aliphatic carbocycles. The summed E-state index contributed by atoms with van der Waals surface area (Å²) < 4.78 is 5.32. The highest BCUT2D eigenvalue weighted by Gasteiger charge is 2.26. The average Bonchev–Trinajstić information content (AvgIpc) is 2.35. The summed E-state index contributed by atoms with van der Waals surface area (Å²) in [4.78, 5) is 11.7. The lowest BCUT2D eigenvalue weighted by Crippen LogP contribution is -2.32. The third-order valence-electron chi connectivity index (χ3n) is 3.75. The highest BCUT2D eigenvalue weighted by atomic mass is 16.5. The minimum absolute atomic E-state index is 0.0900. The summed E-state index contributed by atoms with van der Waals surface area (Å²) in [6.07, 6.45) is 5.57. The van der Waals surface area contributed by atoms with Gasteiger partial charge in [-0.3, -0.25) is 4.79 Å². The van der Waals surface area contributed by atoms with Gasteiger partial charge in [-0.25, -0.2) is 0 Å². The van der Waals surface area contributed by atoms with Crippen molar-refractivity contribution in [2.45, 2.75) is 59.0 Å². The number of hydrogen-bond donors (Lipinski definition) is 1. The maximum atomic E-state index is 11.7. The zero-order valence-electron chi connectivity index (χ0n) is 11.3. The van der Waals surface area contributed by atoms with Crippen molar-refractivity contribution in [3.63, 3.8) is 0 Å². The molecular formula is C14H26O3. The Morgan fingerprint density at radius 3 is 2.35 bits per heavy atom. The molecule has 17 heavy (non-hydrogen) atoms. The van der Waals surface area contributed by atoms with Gasteiger partial charge < -0.3 is 9.84 Å². The molecule has 0 aliphatic heterocycles. The molecule has 0 aromatic heterocycles. The molecule has 0 aromatic carbocycles. The average molecular weight is 242 g/mol. The molecule has 1 N–H and O–H groups in total. The fourth-order valence-corrected chi connectivity index (χ4v) is 2.40. The molecule has 1 aliphatic rings. The SMILES string of the molecule is CC(C)C(O)C(C)C(=O)OCC1CCCCC1. The topological polar surface area (TPSA) is 46.5 Å². The van der Waals surface area contributed by atoms with Gasteiger partial charge >= 0.3 is 5.97 Å². The molecule has 3 heteroatoms. The lowest BCUT2D eigenvalue weighted by atomic mass is 9.90. The fraction of sp³-hybridized carbons (Fsp3) is 0.929. The number of hydrogen-bond acceptors (Lipinski definition) is 3. The van der Waals surface area contributed by atoms with Crippen molar-refractivity contribution in [2.75, 3.05) is 6.61 Å². The summed E-state index contributed by atoms with van der Waals surface area (Å²) >= 11 is 0. The van der Waals surface area contributed by atoms with E-state index in [0.29, 0.717) is 12.5 Å². The molecular weight excluding hydrogens is 216 g/mol. The Balaban J connectivity index is 2.28. The van der Waals surface area contributed by atoms with E-state index in [-0.39, 0.29) is 11.9 Å². The van der Waals surface area contributed by atoms with Crippen LogP contribution in [-0.4, -0.2) is 23.8 Å². The molecule has 0 amide bonds. The maximum absolute atomic E-state index is 11.7. The van der Waals surface area contributed by atoms with Crippen LogP contribution in [0.5, 0.6) is 0 Å². The summed E-state index contributed by atoms with van der Waals surface area (Å²) in [5.41, 5.74) is 0. The number of carbonyl (C=O) groups excluding carboxylic acids is 1. The number of rotatable bonds is 5. The highest BCUT2D eigenvalue weighted by Crippen LogP contribution is 2.24. The van der Waals surface area contributed by atoms with E-state index in [2.05, 4.69) is 0 Å². The van der Waals surface area contributed by atoms with Crippen LogP contribution in [0.25, 0.3) is 0 Å². The second kappa shape index (κ2) is 7.00. The first kappa shape index (κ1) is 14.5. The van der Waals surface area contributed by atoms with Gasteiger partial charge in [-0.05, 0) is 31.6 Å². The molecule has 1 fully saturated rings. The van der Waals surface area contributed by atoms with Crippen LogP contribution in [0.4, 0.5) is 0 Å². The number of aliphatic hydroxyl groups excluding tert-OH is 1. The van der Waals surface area contributed by atoms with Crippen molar-refractivity contribution in [3.05, 3.63) is 0 Å². The van der Waals surface area contributed by atoms with Gasteiger partial charge in [0.25, 0.3) is 0 Å². The van der Waals surface area contributed by atoms with Crippen molar-refractivity contribution >= 4 is 5.97 Å². The second-order valence-electron chi connectivity index (χ2n) is 5.66. The number of aliphatic hydroxyl groups is 1. The van der Waals surface area contributed by atoms with Crippen molar-refractivity contribution in [2.24, 2.45) is 17.8 Å². The highest BCUT2D eigenvalue weighted by molar-refractivity contribution is 5.72. The molecule has 0 aromatic rings. The minimum Gasteiger partial charge on any atom is -0.465 e. The van der Waals surface area contributed by atoms with E-state index in [0.717, 1.165) is 0 Å². The van der Waals surface area contributed by atoms with E-state index in [4.69, 9.17) is 4.74 Å². The Bertz CT molecular complexity index is 232. The molecule has 0 bridgehead atoms. The molecule has 0 heterocycles. The van der Waals surface area contributed by atoms with E-state index in [1.54, 1.807) is 6.92 Å². The monoisotopic (exact) mass is 242 g/mol. The number of ether oxygens (including phenoxy) is 1. The Kier molecular flexibility index (Phi) is 5.96. The first-order valence-electron chi connectivity index (χ1n) is 6.87. The maximum Gasteiger partial charge on any atom is 0.311 e. The van der Waals surface area contributed by atoms with Crippen LogP contribution in [0.1, 0.15) is 52.9 Å². The number of esters is 1. The molecule has 2 atom stereocenters. The number of carbonyl (C=O) groups is 1. The summed E-state index contributed by atoms with van der Waals surface area (Å²) in [6, 6.07) is 0. The largest absolute Gasteiger partial charge is 0.465 e. The Morgan fingerprint density at radius 1 is 1.24 bits per heavy atom. The van der Waals surface area contributed by atoms with E-state index in [9.17, 15) is 9.90 Å².